The van der Waals surface area contributed by atoms with Gasteiger partial charge in [-0.3, -0.25) is 18.9 Å². The van der Waals surface area contributed by atoms with E-state index in [0.29, 0.717) is 0 Å². The van der Waals surface area contributed by atoms with Crippen molar-refractivity contribution in [3.8, 4) is 0 Å². The Kier molecular flexibility index (Phi) is 13.8. The Bertz CT molecular complexity index is 1550. The van der Waals surface area contributed by atoms with E-state index in [1.807, 2.05) is 9.47 Å². The Morgan fingerprint density at radius 2 is 0.639 bits per heavy atom. The lowest BCUT2D eigenvalue weighted by Gasteiger charge is -2.40. The van der Waals surface area contributed by atoms with Gasteiger partial charge in [-0.15, -0.1) is 0 Å². The van der Waals surface area contributed by atoms with Gasteiger partial charge in [0.1, 0.15) is 12.4 Å². The van der Waals surface area contributed by atoms with Crippen LogP contribution in [0.5, 0.6) is 0 Å². The molecule has 0 radical (unpaired) electrons. The summed E-state index contributed by atoms with van der Waals surface area (Å²) in [6.07, 6.45) is -83.3. The minimum Gasteiger partial charge on any atom is -0.266 e. The van der Waals surface area contributed by atoms with Crippen molar-refractivity contribution < 1.29 is 173 Å². The van der Waals surface area contributed by atoms with E-state index in [4.69, 9.17) is 0 Å². The van der Waals surface area contributed by atoms with Crippen LogP contribution in [0.3, 0.4) is 0 Å². The number of rotatable bonds is 16. The van der Waals surface area contributed by atoms with Gasteiger partial charge >= 0.3 is 96.8 Å². The fraction of sp³-hybridized carbons (Fsp3) is 0.857. The van der Waals surface area contributed by atoms with E-state index in [-0.39, 0.29) is 0 Å². The van der Waals surface area contributed by atoms with E-state index in [1.165, 1.54) is 9.47 Å². The lowest BCUT2D eigenvalue weighted by molar-refractivity contribution is -0.729. The van der Waals surface area contributed by atoms with Crippen LogP contribution in [0.15, 0.2) is 18.7 Å². The SMILES string of the molecule is FC(F)(F)C(F)(Cn1cc[n+](CC(F)(OC(F)(F)C(F)(OC(F)(F)C(F)(F)C(F)(F)F)C(F)(F)F)C(F)(F)F)c1)OC(F)(F)C(F)(OC(F)(F)C(F)(F)C(F)(F)F)C(F)(F)F. The van der Waals surface area contributed by atoms with Crippen molar-refractivity contribution in [2.75, 3.05) is 0 Å². The summed E-state index contributed by atoms with van der Waals surface area (Å²) in [4.78, 5) is 0. The monoisotopic (exact) mass is 997 g/mol. The molecule has 1 aromatic rings. The van der Waals surface area contributed by atoms with E-state index < -0.39 is 138 Å². The summed E-state index contributed by atoms with van der Waals surface area (Å²) in [7, 11) is 0. The molecule has 0 aromatic carbocycles. The average Bonchev–Trinajstić information content (AvgIpc) is 3.37. The summed E-state index contributed by atoms with van der Waals surface area (Å²) in [5.41, 5.74) is 0. The first-order chi connectivity index (χ1) is 26.0. The van der Waals surface area contributed by atoms with Gasteiger partial charge in [0.15, 0.2) is 13.1 Å². The summed E-state index contributed by atoms with van der Waals surface area (Å²) in [5, 5.41) is 0. The quantitative estimate of drug-likeness (QED) is 0.122. The third-order valence-corrected chi connectivity index (χ3v) is 6.40. The van der Waals surface area contributed by atoms with Crippen molar-refractivity contribution in [1.29, 1.82) is 0 Å². The molecule has 0 aliphatic rings. The molecule has 0 spiro atoms. The Labute approximate surface area is 307 Å². The molecule has 0 N–H and O–H groups in total. The van der Waals surface area contributed by atoms with Gasteiger partial charge in [-0.25, -0.2) is 9.13 Å². The molecule has 61 heavy (non-hydrogen) atoms. The molecule has 1 rings (SSSR count). The molecule has 0 bridgehead atoms. The molecule has 1 heterocycles. The number of alkyl halides is 34. The molecule has 40 heteroatoms. The van der Waals surface area contributed by atoms with Gasteiger partial charge < -0.3 is 0 Å². The molecule has 0 saturated heterocycles. The summed E-state index contributed by atoms with van der Waals surface area (Å²) >= 11 is 0. The van der Waals surface area contributed by atoms with Crippen LogP contribution in [0.2, 0.25) is 0 Å². The standard InChI is InChI=1S/C21H7F34N2O4/c22-6(12(30,31)32,58-20(52,53)10(28,16(42,43)44)60-18(48,49)8(24,25)14(36,37)38)3-56-1-2-57(5-56)4-7(23,13(33,34)35)59-21(54,55)11(29,17(45,46)47)61-19(50,51)9(26,27)15(39,40)41/h1-2,5H,3-4H2/q+1. The van der Waals surface area contributed by atoms with Crippen LogP contribution in [-0.2, 0) is 32.0 Å². The number of hydrogen-bond acceptors (Lipinski definition) is 4. The molecule has 4 unspecified atom stereocenters. The van der Waals surface area contributed by atoms with E-state index in [2.05, 4.69) is 0 Å². The number of ether oxygens (including phenoxy) is 4. The largest absolute Gasteiger partial charge is 0.462 e. The van der Waals surface area contributed by atoms with Crippen LogP contribution in [-0.4, -0.2) is 101 Å². The highest BCUT2D eigenvalue weighted by atomic mass is 19.5. The van der Waals surface area contributed by atoms with Gasteiger partial charge in [0.05, 0.1) is 0 Å². The number of aromatic nitrogens is 2. The van der Waals surface area contributed by atoms with Crippen molar-refractivity contribution in [3.05, 3.63) is 18.7 Å². The predicted molar refractivity (Wildman–Crippen MR) is 110 cm³/mol. The summed E-state index contributed by atoms with van der Waals surface area (Å²) < 4.78 is 457. The molecule has 1 aromatic heterocycles. The van der Waals surface area contributed by atoms with Crippen molar-refractivity contribution in [3.63, 3.8) is 0 Å². The van der Waals surface area contributed by atoms with Crippen LogP contribution in [0.25, 0.3) is 0 Å². The molecule has 0 saturated carbocycles. The molecule has 4 atom stereocenters. The van der Waals surface area contributed by atoms with Crippen LogP contribution >= 0.6 is 0 Å². The zero-order valence-electron chi connectivity index (χ0n) is 26.5. The first-order valence-corrected chi connectivity index (χ1v) is 13.3. The van der Waals surface area contributed by atoms with Gasteiger partial charge in [-0.1, -0.05) is 0 Å². The normalized spacial score (nSPS) is 19.6. The highest BCUT2D eigenvalue weighted by molar-refractivity contribution is 4.97. The number of hydrogen-bond donors (Lipinski definition) is 0. The zero-order valence-corrected chi connectivity index (χ0v) is 26.5. The highest BCUT2D eigenvalue weighted by Gasteiger charge is 2.87. The average molecular weight is 997 g/mol. The first kappa shape index (κ1) is 55.7. The molecular weight excluding hydrogens is 990 g/mol. The summed E-state index contributed by atoms with van der Waals surface area (Å²) in [5.74, 6) is -47.4. The minimum atomic E-state index is -8.46. The Hall–Kier alpha value is -3.33. The smallest absolute Gasteiger partial charge is 0.266 e. The van der Waals surface area contributed by atoms with Crippen molar-refractivity contribution in [2.45, 2.75) is 110 Å². The lowest BCUT2D eigenvalue weighted by Crippen LogP contribution is -2.68. The fourth-order valence-corrected chi connectivity index (χ4v) is 3.37. The molecule has 0 aliphatic carbocycles. The summed E-state index contributed by atoms with van der Waals surface area (Å²) in [6.45, 7) is -7.33. The highest BCUT2D eigenvalue weighted by Crippen LogP contribution is 2.59. The Morgan fingerprint density at radius 1 is 0.344 bits per heavy atom. The molecule has 0 amide bonds. The van der Waals surface area contributed by atoms with Crippen molar-refractivity contribution in [1.82, 2.24) is 4.57 Å². The third-order valence-electron chi connectivity index (χ3n) is 6.40. The van der Waals surface area contributed by atoms with Crippen LogP contribution in [0.1, 0.15) is 0 Å². The third kappa shape index (κ3) is 10.1. The van der Waals surface area contributed by atoms with Gasteiger partial charge in [0, 0.05) is 0 Å². The van der Waals surface area contributed by atoms with E-state index in [1.54, 1.807) is 0 Å². The predicted octanol–water partition coefficient (Wildman–Crippen LogP) is 10.5. The maximum atomic E-state index is 14.9. The second kappa shape index (κ2) is 15.1. The topological polar surface area (TPSA) is 45.7 Å². The summed E-state index contributed by atoms with van der Waals surface area (Å²) in [6, 6.07) is 0. The van der Waals surface area contributed by atoms with E-state index in [0.717, 1.165) is 0 Å². The van der Waals surface area contributed by atoms with Gasteiger partial charge in [0.2, 0.25) is 6.33 Å². The van der Waals surface area contributed by atoms with Crippen molar-refractivity contribution >= 4 is 0 Å². The Balaban J connectivity index is 3.81. The van der Waals surface area contributed by atoms with Crippen LogP contribution in [0, 0.1) is 0 Å². The molecule has 0 fully saturated rings. The molecule has 0 aliphatic heterocycles. The maximum absolute atomic E-state index is 14.9. The van der Waals surface area contributed by atoms with Gasteiger partial charge in [-0.05, 0) is 0 Å². The first-order valence-electron chi connectivity index (χ1n) is 13.3. The minimum absolute atomic E-state index is 0.713. The van der Waals surface area contributed by atoms with E-state index >= 15 is 0 Å². The number of imidazole rings is 1. The Morgan fingerprint density at radius 3 is 0.902 bits per heavy atom. The molecular formula is C21H7F34N2O4+. The zero-order chi connectivity index (χ0) is 49.5. The second-order valence-corrected chi connectivity index (χ2v) is 11.0. The molecule has 362 valence electrons. The van der Waals surface area contributed by atoms with Crippen LogP contribution in [0.4, 0.5) is 149 Å². The van der Waals surface area contributed by atoms with Crippen molar-refractivity contribution in [2.24, 2.45) is 0 Å². The van der Waals surface area contributed by atoms with Gasteiger partial charge in [-0.2, -0.15) is 149 Å². The molecule has 6 nitrogen and oxygen atoms in total. The fourth-order valence-electron chi connectivity index (χ4n) is 3.37. The second-order valence-electron chi connectivity index (χ2n) is 11.0. The number of halogens is 34. The lowest BCUT2D eigenvalue weighted by atomic mass is 10.2. The van der Waals surface area contributed by atoms with Gasteiger partial charge in [0.25, 0.3) is 0 Å². The van der Waals surface area contributed by atoms with E-state index in [9.17, 15) is 149 Å². The van der Waals surface area contributed by atoms with Crippen LogP contribution < -0.4 is 4.57 Å². The number of nitrogens with zero attached hydrogens (tertiary/aromatic N) is 2. The maximum Gasteiger partial charge on any atom is 0.462 e.